The van der Waals surface area contributed by atoms with Crippen LogP contribution in [0.15, 0.2) is 12.2 Å². The summed E-state index contributed by atoms with van der Waals surface area (Å²) in [5.74, 6) is 0.989. The highest BCUT2D eigenvalue weighted by molar-refractivity contribution is 5.89. The second kappa shape index (κ2) is 5.95. The zero-order chi connectivity index (χ0) is 9.52. The first kappa shape index (κ1) is 10.5. The topological polar surface area (TPSA) is 17.1 Å². The van der Waals surface area contributed by atoms with Gasteiger partial charge in [0.2, 0.25) is 0 Å². The van der Waals surface area contributed by atoms with Crippen LogP contribution in [0.4, 0.5) is 0 Å². The molecule has 1 rings (SSSR count). The molecule has 1 heteroatoms. The molecule has 1 saturated carbocycles. The maximum Gasteiger partial charge on any atom is 0.155 e. The molecule has 13 heavy (non-hydrogen) atoms. The fraction of sp³-hybridized carbons (Fsp3) is 0.750. The summed E-state index contributed by atoms with van der Waals surface area (Å²) >= 11 is 0. The van der Waals surface area contributed by atoms with Gasteiger partial charge in [0.15, 0.2) is 5.78 Å². The second-order valence-electron chi connectivity index (χ2n) is 3.97. The van der Waals surface area contributed by atoms with Gasteiger partial charge in [0.1, 0.15) is 0 Å². The van der Waals surface area contributed by atoms with Crippen molar-refractivity contribution in [3.8, 4) is 0 Å². The van der Waals surface area contributed by atoms with Crippen molar-refractivity contribution in [1.82, 2.24) is 0 Å². The first-order chi connectivity index (χ1) is 6.33. The summed E-state index contributed by atoms with van der Waals surface area (Å²) in [6.07, 6.45) is 12.3. The zero-order valence-corrected chi connectivity index (χ0v) is 8.59. The van der Waals surface area contributed by atoms with Crippen LogP contribution in [0.25, 0.3) is 0 Å². The normalized spacial score (nSPS) is 19.5. The monoisotopic (exact) mass is 180 g/mol. The van der Waals surface area contributed by atoms with Gasteiger partial charge in [-0.1, -0.05) is 32.3 Å². The Labute approximate surface area is 81.2 Å². The molecule has 1 aliphatic rings. The Kier molecular flexibility index (Phi) is 4.81. The largest absolute Gasteiger partial charge is 0.295 e. The molecule has 0 aromatic carbocycles. The Morgan fingerprint density at radius 1 is 1.31 bits per heavy atom. The molecule has 0 aromatic heterocycles. The lowest BCUT2D eigenvalue weighted by Crippen LogP contribution is -2.03. The Hall–Kier alpha value is -0.590. The molecule has 0 atom stereocenters. The molecular formula is C12H20O. The standard InChI is InChI=1S/C12H20O/c1-2-6-12(13)10-9-11-7-4-3-5-8-11/h9-11H,2-8H2,1H3. The van der Waals surface area contributed by atoms with E-state index >= 15 is 0 Å². The summed E-state index contributed by atoms with van der Waals surface area (Å²) in [6.45, 7) is 2.05. The molecule has 0 aromatic rings. The van der Waals surface area contributed by atoms with E-state index in [1.54, 1.807) is 6.08 Å². The summed E-state index contributed by atoms with van der Waals surface area (Å²) in [4.78, 5) is 11.2. The second-order valence-corrected chi connectivity index (χ2v) is 3.97. The van der Waals surface area contributed by atoms with Gasteiger partial charge < -0.3 is 0 Å². The van der Waals surface area contributed by atoms with Crippen molar-refractivity contribution in [2.45, 2.75) is 51.9 Å². The number of carbonyl (C=O) groups is 1. The number of ketones is 1. The van der Waals surface area contributed by atoms with Crippen molar-refractivity contribution >= 4 is 5.78 Å². The van der Waals surface area contributed by atoms with Crippen LogP contribution in [0.3, 0.4) is 0 Å². The van der Waals surface area contributed by atoms with Gasteiger partial charge in [-0.3, -0.25) is 4.79 Å². The van der Waals surface area contributed by atoms with Crippen molar-refractivity contribution in [1.29, 1.82) is 0 Å². The fourth-order valence-electron chi connectivity index (χ4n) is 1.90. The third-order valence-corrected chi connectivity index (χ3v) is 2.70. The highest BCUT2D eigenvalue weighted by atomic mass is 16.1. The molecule has 1 aliphatic carbocycles. The van der Waals surface area contributed by atoms with E-state index in [-0.39, 0.29) is 0 Å². The van der Waals surface area contributed by atoms with Gasteiger partial charge in [-0.25, -0.2) is 0 Å². The minimum absolute atomic E-state index is 0.299. The van der Waals surface area contributed by atoms with Crippen LogP contribution in [0.5, 0.6) is 0 Å². The van der Waals surface area contributed by atoms with E-state index in [1.807, 2.05) is 6.92 Å². The van der Waals surface area contributed by atoms with Gasteiger partial charge in [-0.2, -0.15) is 0 Å². The predicted molar refractivity (Wildman–Crippen MR) is 55.6 cm³/mol. The van der Waals surface area contributed by atoms with Crippen LogP contribution in [0.2, 0.25) is 0 Å². The minimum atomic E-state index is 0.299. The average molecular weight is 180 g/mol. The summed E-state index contributed by atoms with van der Waals surface area (Å²) in [6, 6.07) is 0. The smallest absolute Gasteiger partial charge is 0.155 e. The molecule has 1 nitrogen and oxygen atoms in total. The van der Waals surface area contributed by atoms with E-state index in [9.17, 15) is 4.79 Å². The van der Waals surface area contributed by atoms with Crippen molar-refractivity contribution < 1.29 is 4.79 Å². The molecule has 0 bridgehead atoms. The van der Waals surface area contributed by atoms with E-state index in [2.05, 4.69) is 6.08 Å². The van der Waals surface area contributed by atoms with Crippen LogP contribution >= 0.6 is 0 Å². The molecule has 1 fully saturated rings. The van der Waals surface area contributed by atoms with Crippen LogP contribution in [0, 0.1) is 5.92 Å². The van der Waals surface area contributed by atoms with E-state index in [4.69, 9.17) is 0 Å². The van der Waals surface area contributed by atoms with Crippen molar-refractivity contribution in [2.75, 3.05) is 0 Å². The lowest BCUT2D eigenvalue weighted by atomic mass is 9.89. The van der Waals surface area contributed by atoms with Gasteiger partial charge >= 0.3 is 0 Å². The number of allylic oxidation sites excluding steroid dienone is 2. The van der Waals surface area contributed by atoms with Crippen LogP contribution in [0.1, 0.15) is 51.9 Å². The highest BCUT2D eigenvalue weighted by Gasteiger charge is 2.09. The van der Waals surface area contributed by atoms with Crippen LogP contribution in [-0.2, 0) is 4.79 Å². The molecule has 0 radical (unpaired) electrons. The maximum absolute atomic E-state index is 11.2. The van der Waals surface area contributed by atoms with E-state index < -0.39 is 0 Å². The van der Waals surface area contributed by atoms with Gasteiger partial charge in [0.05, 0.1) is 0 Å². The first-order valence-electron chi connectivity index (χ1n) is 5.54. The van der Waals surface area contributed by atoms with E-state index in [0.29, 0.717) is 18.1 Å². The summed E-state index contributed by atoms with van der Waals surface area (Å²) in [5.41, 5.74) is 0. The quantitative estimate of drug-likeness (QED) is 0.605. The van der Waals surface area contributed by atoms with E-state index in [0.717, 1.165) is 6.42 Å². The van der Waals surface area contributed by atoms with Gasteiger partial charge in [-0.15, -0.1) is 0 Å². The number of hydrogen-bond acceptors (Lipinski definition) is 1. The lowest BCUT2D eigenvalue weighted by molar-refractivity contribution is -0.114. The molecule has 0 spiro atoms. The predicted octanol–water partition coefficient (Wildman–Crippen LogP) is 3.49. The van der Waals surface area contributed by atoms with Crippen LogP contribution < -0.4 is 0 Å². The van der Waals surface area contributed by atoms with E-state index in [1.165, 1.54) is 32.1 Å². The molecule has 0 heterocycles. The van der Waals surface area contributed by atoms with Crippen molar-refractivity contribution in [2.24, 2.45) is 5.92 Å². The molecular weight excluding hydrogens is 160 g/mol. The molecule has 0 saturated heterocycles. The van der Waals surface area contributed by atoms with Crippen LogP contribution in [-0.4, -0.2) is 5.78 Å². The van der Waals surface area contributed by atoms with Gasteiger partial charge in [-0.05, 0) is 31.3 Å². The third-order valence-electron chi connectivity index (χ3n) is 2.70. The number of hydrogen-bond donors (Lipinski definition) is 0. The highest BCUT2D eigenvalue weighted by Crippen LogP contribution is 2.24. The minimum Gasteiger partial charge on any atom is -0.295 e. The summed E-state index contributed by atoms with van der Waals surface area (Å²) in [7, 11) is 0. The Morgan fingerprint density at radius 3 is 2.62 bits per heavy atom. The summed E-state index contributed by atoms with van der Waals surface area (Å²) in [5, 5.41) is 0. The maximum atomic E-state index is 11.2. The molecule has 0 aliphatic heterocycles. The molecule has 74 valence electrons. The Balaban J connectivity index is 2.24. The first-order valence-corrected chi connectivity index (χ1v) is 5.54. The Bertz CT molecular complexity index is 176. The molecule has 0 amide bonds. The lowest BCUT2D eigenvalue weighted by Gasteiger charge is -2.17. The fourth-order valence-corrected chi connectivity index (χ4v) is 1.90. The zero-order valence-electron chi connectivity index (χ0n) is 8.59. The van der Waals surface area contributed by atoms with Crippen molar-refractivity contribution in [3.05, 3.63) is 12.2 Å². The molecule has 0 N–H and O–H groups in total. The third kappa shape index (κ3) is 4.25. The SMILES string of the molecule is CCCC(=O)C=CC1CCCCC1. The number of rotatable bonds is 4. The van der Waals surface area contributed by atoms with Gasteiger partial charge in [0, 0.05) is 6.42 Å². The van der Waals surface area contributed by atoms with Gasteiger partial charge in [0.25, 0.3) is 0 Å². The van der Waals surface area contributed by atoms with Crippen molar-refractivity contribution in [3.63, 3.8) is 0 Å². The Morgan fingerprint density at radius 2 is 2.00 bits per heavy atom. The average Bonchev–Trinajstić information content (AvgIpc) is 2.17. The summed E-state index contributed by atoms with van der Waals surface area (Å²) < 4.78 is 0. The molecule has 0 unspecified atom stereocenters. The number of carbonyl (C=O) groups excluding carboxylic acids is 1.